The van der Waals surface area contributed by atoms with Crippen LogP contribution in [0.1, 0.15) is 70.8 Å². The van der Waals surface area contributed by atoms with E-state index in [0.717, 1.165) is 5.56 Å². The first-order valence-electron chi connectivity index (χ1n) is 11.0. The van der Waals surface area contributed by atoms with Crippen LogP contribution in [0.2, 0.25) is 0 Å². The van der Waals surface area contributed by atoms with Gasteiger partial charge < -0.3 is 25.0 Å². The SMILES string of the molecule is CCOC(=O)c1cc(F)c(N2CCC(NC(=O)OC(C)(C)C)C2)c(CC)c1NC(C)C. The predicted octanol–water partition coefficient (Wildman–Crippen LogP) is 4.49. The van der Waals surface area contributed by atoms with Crippen molar-refractivity contribution in [3.63, 3.8) is 0 Å². The smallest absolute Gasteiger partial charge is 0.407 e. The molecule has 7 nitrogen and oxygen atoms in total. The Morgan fingerprint density at radius 3 is 2.52 bits per heavy atom. The molecule has 2 N–H and O–H groups in total. The van der Waals surface area contributed by atoms with Crippen LogP contribution in [0, 0.1) is 5.82 Å². The van der Waals surface area contributed by atoms with E-state index >= 15 is 4.39 Å². The second-order valence-electron chi connectivity index (χ2n) is 9.06. The largest absolute Gasteiger partial charge is 0.462 e. The van der Waals surface area contributed by atoms with E-state index in [1.165, 1.54) is 6.07 Å². The Labute approximate surface area is 184 Å². The fourth-order valence-corrected chi connectivity index (χ4v) is 3.76. The van der Waals surface area contributed by atoms with Crippen molar-refractivity contribution < 1.29 is 23.5 Å². The lowest BCUT2D eigenvalue weighted by atomic mass is 10.00. The van der Waals surface area contributed by atoms with Crippen molar-refractivity contribution in [2.24, 2.45) is 0 Å². The Bertz CT molecular complexity index is 805. The highest BCUT2D eigenvalue weighted by atomic mass is 19.1. The van der Waals surface area contributed by atoms with Crippen molar-refractivity contribution in [3.8, 4) is 0 Å². The van der Waals surface area contributed by atoms with E-state index in [9.17, 15) is 9.59 Å². The summed E-state index contributed by atoms with van der Waals surface area (Å²) in [4.78, 5) is 26.5. The Morgan fingerprint density at radius 1 is 1.29 bits per heavy atom. The molecule has 1 aliphatic heterocycles. The Morgan fingerprint density at radius 2 is 1.97 bits per heavy atom. The number of hydrogen-bond donors (Lipinski definition) is 2. The third kappa shape index (κ3) is 6.48. The molecule has 1 aromatic rings. The van der Waals surface area contributed by atoms with Crippen LogP contribution >= 0.6 is 0 Å². The fourth-order valence-electron chi connectivity index (χ4n) is 3.76. The maximum Gasteiger partial charge on any atom is 0.407 e. The average molecular weight is 438 g/mol. The number of benzene rings is 1. The molecule has 0 saturated carbocycles. The molecular formula is C23H36FN3O4. The van der Waals surface area contributed by atoms with Gasteiger partial charge in [-0.3, -0.25) is 0 Å². The number of carbonyl (C=O) groups excluding carboxylic acids is 2. The zero-order valence-corrected chi connectivity index (χ0v) is 19.7. The van der Waals surface area contributed by atoms with Crippen molar-refractivity contribution in [3.05, 3.63) is 23.0 Å². The number of rotatable bonds is 7. The summed E-state index contributed by atoms with van der Waals surface area (Å²) in [6.07, 6.45) is 0.735. The van der Waals surface area contributed by atoms with Crippen LogP contribution in [0.25, 0.3) is 0 Å². The number of carbonyl (C=O) groups is 2. The molecule has 174 valence electrons. The Kier molecular flexibility index (Phi) is 8.14. The summed E-state index contributed by atoms with van der Waals surface area (Å²) in [5, 5.41) is 6.18. The molecule has 1 heterocycles. The second kappa shape index (κ2) is 10.2. The lowest BCUT2D eigenvalue weighted by molar-refractivity contribution is 0.0503. The summed E-state index contributed by atoms with van der Waals surface area (Å²) in [7, 11) is 0. The maximum atomic E-state index is 15.3. The summed E-state index contributed by atoms with van der Waals surface area (Å²) >= 11 is 0. The van der Waals surface area contributed by atoms with Gasteiger partial charge in [0.1, 0.15) is 11.4 Å². The summed E-state index contributed by atoms with van der Waals surface area (Å²) in [5.74, 6) is -1.01. The van der Waals surface area contributed by atoms with E-state index in [4.69, 9.17) is 9.47 Å². The standard InChI is InChI=1S/C23H36FN3O4/c1-8-16-19(25-14(3)4)17(21(28)30-9-2)12-18(24)20(16)27-11-10-15(13-27)26-22(29)31-23(5,6)7/h12,14-15,25H,8-11,13H2,1-7H3,(H,26,29). The third-order valence-corrected chi connectivity index (χ3v) is 4.86. The van der Waals surface area contributed by atoms with Crippen molar-refractivity contribution in [2.45, 2.75) is 79.0 Å². The molecule has 0 spiro atoms. The second-order valence-corrected chi connectivity index (χ2v) is 9.06. The van der Waals surface area contributed by atoms with Gasteiger partial charge in [0, 0.05) is 24.7 Å². The topological polar surface area (TPSA) is 79.9 Å². The van der Waals surface area contributed by atoms with Crippen molar-refractivity contribution >= 4 is 23.4 Å². The molecule has 1 amide bonds. The summed E-state index contributed by atoms with van der Waals surface area (Å²) in [6, 6.07) is 1.16. The number of ether oxygens (including phenoxy) is 2. The van der Waals surface area contributed by atoms with Gasteiger partial charge in [-0.1, -0.05) is 6.92 Å². The van der Waals surface area contributed by atoms with Gasteiger partial charge in [-0.05, 0) is 60.5 Å². The minimum atomic E-state index is -0.579. The minimum absolute atomic E-state index is 0.0527. The highest BCUT2D eigenvalue weighted by molar-refractivity contribution is 5.98. The summed E-state index contributed by atoms with van der Waals surface area (Å²) in [6.45, 7) is 14.3. The van der Waals surface area contributed by atoms with E-state index in [2.05, 4.69) is 10.6 Å². The normalized spacial score (nSPS) is 16.4. The number of amides is 1. The first kappa shape index (κ1) is 24.8. The number of nitrogens with zero attached hydrogens (tertiary/aromatic N) is 1. The van der Waals surface area contributed by atoms with Gasteiger partial charge in [-0.2, -0.15) is 0 Å². The first-order chi connectivity index (χ1) is 14.5. The number of hydrogen-bond acceptors (Lipinski definition) is 6. The van der Waals surface area contributed by atoms with Crippen molar-refractivity contribution in [2.75, 3.05) is 29.9 Å². The summed E-state index contributed by atoms with van der Waals surface area (Å²) in [5.41, 5.74) is 1.43. The third-order valence-electron chi connectivity index (χ3n) is 4.86. The molecule has 2 rings (SSSR count). The van der Waals surface area contributed by atoms with Crippen LogP contribution in [0.5, 0.6) is 0 Å². The molecule has 8 heteroatoms. The molecule has 1 unspecified atom stereocenters. The molecular weight excluding hydrogens is 401 g/mol. The molecule has 0 radical (unpaired) electrons. The van der Waals surface area contributed by atoms with Crippen molar-refractivity contribution in [1.29, 1.82) is 0 Å². The zero-order valence-electron chi connectivity index (χ0n) is 19.7. The molecule has 1 fully saturated rings. The number of esters is 1. The number of nitrogens with one attached hydrogen (secondary N) is 2. The van der Waals surface area contributed by atoms with E-state index in [1.54, 1.807) is 6.92 Å². The van der Waals surface area contributed by atoms with Crippen LogP contribution in [0.3, 0.4) is 0 Å². The van der Waals surface area contributed by atoms with E-state index < -0.39 is 23.5 Å². The van der Waals surface area contributed by atoms with Crippen LogP contribution in [-0.2, 0) is 15.9 Å². The number of anilines is 2. The van der Waals surface area contributed by atoms with Gasteiger partial charge in [0.15, 0.2) is 0 Å². The lowest BCUT2D eigenvalue weighted by Crippen LogP contribution is -2.40. The van der Waals surface area contributed by atoms with E-state index in [0.29, 0.717) is 37.3 Å². The van der Waals surface area contributed by atoms with Crippen LogP contribution in [0.4, 0.5) is 20.6 Å². The van der Waals surface area contributed by atoms with Crippen LogP contribution in [-0.4, -0.2) is 49.4 Å². The zero-order chi connectivity index (χ0) is 23.3. The Hall–Kier alpha value is -2.51. The molecule has 1 saturated heterocycles. The van der Waals surface area contributed by atoms with Gasteiger partial charge >= 0.3 is 12.1 Å². The number of halogens is 1. The van der Waals surface area contributed by atoms with Gasteiger partial charge in [0.2, 0.25) is 0 Å². The lowest BCUT2D eigenvalue weighted by Gasteiger charge is -2.27. The van der Waals surface area contributed by atoms with Gasteiger partial charge in [0.25, 0.3) is 0 Å². The van der Waals surface area contributed by atoms with Gasteiger partial charge in [-0.15, -0.1) is 0 Å². The molecule has 31 heavy (non-hydrogen) atoms. The molecule has 0 aliphatic carbocycles. The minimum Gasteiger partial charge on any atom is -0.462 e. The monoisotopic (exact) mass is 437 g/mol. The van der Waals surface area contributed by atoms with Crippen LogP contribution in [0.15, 0.2) is 6.07 Å². The Balaban J connectivity index is 2.34. The van der Waals surface area contributed by atoms with Crippen LogP contribution < -0.4 is 15.5 Å². The molecule has 1 aromatic carbocycles. The molecule has 1 aliphatic rings. The fraction of sp³-hybridized carbons (Fsp3) is 0.652. The number of alkyl carbamates (subject to hydrolysis) is 1. The van der Waals surface area contributed by atoms with E-state index in [-0.39, 0.29) is 24.3 Å². The highest BCUT2D eigenvalue weighted by Crippen LogP contribution is 2.37. The first-order valence-corrected chi connectivity index (χ1v) is 11.0. The highest BCUT2D eigenvalue weighted by Gasteiger charge is 2.31. The quantitative estimate of drug-likeness (QED) is 0.612. The van der Waals surface area contributed by atoms with Crippen molar-refractivity contribution in [1.82, 2.24) is 5.32 Å². The molecule has 0 aromatic heterocycles. The summed E-state index contributed by atoms with van der Waals surface area (Å²) < 4.78 is 25.8. The average Bonchev–Trinajstić information content (AvgIpc) is 3.08. The van der Waals surface area contributed by atoms with Gasteiger partial charge in [-0.25, -0.2) is 14.0 Å². The molecule has 0 bridgehead atoms. The maximum absolute atomic E-state index is 15.3. The van der Waals surface area contributed by atoms with E-state index in [1.807, 2.05) is 46.4 Å². The van der Waals surface area contributed by atoms with Gasteiger partial charge in [0.05, 0.1) is 29.6 Å². The predicted molar refractivity (Wildman–Crippen MR) is 120 cm³/mol. The molecule has 1 atom stereocenters.